The van der Waals surface area contributed by atoms with Crippen LogP contribution in [-0.2, 0) is 29.6 Å². The van der Waals surface area contributed by atoms with E-state index < -0.39 is 44.0 Å². The average molecular weight is 496 g/mol. The predicted molar refractivity (Wildman–Crippen MR) is 123 cm³/mol. The van der Waals surface area contributed by atoms with Gasteiger partial charge >= 0.3 is 5.97 Å². The van der Waals surface area contributed by atoms with E-state index in [1.54, 1.807) is 36.4 Å². The normalized spacial score (nSPS) is 18.2. The third-order valence-corrected chi connectivity index (χ3v) is 7.74. The largest absolute Gasteiger partial charge is 0.465 e. The van der Waals surface area contributed by atoms with Crippen LogP contribution in [0.1, 0.15) is 40.0 Å². The maximum atomic E-state index is 12.9. The lowest BCUT2D eigenvalue weighted by Gasteiger charge is -2.33. The third kappa shape index (κ3) is 5.89. The van der Waals surface area contributed by atoms with Crippen molar-refractivity contribution in [2.45, 2.75) is 18.5 Å². The molecule has 0 radical (unpaired) electrons. The van der Waals surface area contributed by atoms with E-state index in [1.165, 1.54) is 26.3 Å². The van der Waals surface area contributed by atoms with Gasteiger partial charge in [0.2, 0.25) is 26.0 Å². The van der Waals surface area contributed by atoms with Crippen LogP contribution in [0.4, 0.5) is 5.69 Å². The number of amides is 1. The Balaban J connectivity index is 1.88. The van der Waals surface area contributed by atoms with Crippen molar-refractivity contribution in [3.05, 3.63) is 65.2 Å². The van der Waals surface area contributed by atoms with Gasteiger partial charge in [-0.05, 0) is 23.3 Å². The Kier molecular flexibility index (Phi) is 7.10. The number of carbonyl (C=O) groups is 2. The van der Waals surface area contributed by atoms with Gasteiger partial charge in [0, 0.05) is 13.5 Å². The second-order valence-corrected chi connectivity index (χ2v) is 11.5. The van der Waals surface area contributed by atoms with Gasteiger partial charge in [-0.1, -0.05) is 36.4 Å². The summed E-state index contributed by atoms with van der Waals surface area (Å²) in [5.74, 6) is -1.53. The van der Waals surface area contributed by atoms with Gasteiger partial charge in [0.15, 0.2) is 0 Å². The molecule has 0 aliphatic carbocycles. The average Bonchev–Trinajstić information content (AvgIpc) is 2.75. The summed E-state index contributed by atoms with van der Waals surface area (Å²) in [6, 6.07) is 11.4. The van der Waals surface area contributed by atoms with Gasteiger partial charge in [-0.2, -0.15) is 0 Å². The quantitative estimate of drug-likeness (QED) is 0.548. The molecule has 178 valence electrons. The van der Waals surface area contributed by atoms with Crippen molar-refractivity contribution in [1.82, 2.24) is 10.0 Å². The SMILES string of the molecule is COC(=O)c1ccc2c(c1)N(C)S(=O)(=O)CC2NC(=O)CC(NS(C)(=O)=O)c1ccccc1. The molecule has 3 rings (SSSR count). The Hall–Kier alpha value is -2.96. The van der Waals surface area contributed by atoms with Crippen LogP contribution in [0.25, 0.3) is 0 Å². The fourth-order valence-corrected chi connectivity index (χ4v) is 5.75. The summed E-state index contributed by atoms with van der Waals surface area (Å²) in [5.41, 5.74) is 1.54. The second-order valence-electron chi connectivity index (χ2n) is 7.69. The van der Waals surface area contributed by atoms with E-state index in [1.807, 2.05) is 0 Å². The molecule has 2 unspecified atom stereocenters. The van der Waals surface area contributed by atoms with Crippen molar-refractivity contribution in [2.75, 3.05) is 30.5 Å². The number of hydrogen-bond donors (Lipinski definition) is 2. The third-order valence-electron chi connectivity index (χ3n) is 5.24. The Labute approximate surface area is 193 Å². The predicted octanol–water partition coefficient (Wildman–Crippen LogP) is 1.09. The van der Waals surface area contributed by atoms with Crippen LogP contribution in [0.3, 0.4) is 0 Å². The molecule has 2 aromatic rings. The number of nitrogens with one attached hydrogen (secondary N) is 2. The van der Waals surface area contributed by atoms with Crippen molar-refractivity contribution in [2.24, 2.45) is 0 Å². The summed E-state index contributed by atoms with van der Waals surface area (Å²) in [6.07, 6.45) is 0.762. The highest BCUT2D eigenvalue weighted by atomic mass is 32.2. The molecule has 0 fully saturated rings. The molecular formula is C21H25N3O7S2. The molecular weight excluding hydrogens is 470 g/mol. The number of carbonyl (C=O) groups excluding carboxylic acids is 2. The number of anilines is 1. The van der Waals surface area contributed by atoms with E-state index in [0.717, 1.165) is 10.6 Å². The zero-order valence-corrected chi connectivity index (χ0v) is 19.9. The highest BCUT2D eigenvalue weighted by molar-refractivity contribution is 7.92. The van der Waals surface area contributed by atoms with Gasteiger partial charge in [-0.25, -0.2) is 26.4 Å². The number of benzene rings is 2. The molecule has 1 amide bonds. The first-order valence-corrected chi connectivity index (χ1v) is 13.4. The van der Waals surface area contributed by atoms with Crippen LogP contribution in [0.15, 0.2) is 48.5 Å². The molecule has 2 N–H and O–H groups in total. The molecule has 0 spiro atoms. The molecule has 1 aliphatic heterocycles. The number of ether oxygens (including phenoxy) is 1. The molecule has 2 aromatic carbocycles. The summed E-state index contributed by atoms with van der Waals surface area (Å²) < 4.78 is 57.2. The molecule has 33 heavy (non-hydrogen) atoms. The minimum Gasteiger partial charge on any atom is -0.465 e. The van der Waals surface area contributed by atoms with E-state index >= 15 is 0 Å². The first-order valence-electron chi connectivity index (χ1n) is 9.92. The van der Waals surface area contributed by atoms with Crippen molar-refractivity contribution in [3.8, 4) is 0 Å². The minimum atomic E-state index is -3.77. The van der Waals surface area contributed by atoms with E-state index in [0.29, 0.717) is 11.1 Å². The van der Waals surface area contributed by atoms with Crippen LogP contribution in [-0.4, -0.2) is 54.9 Å². The number of hydrogen-bond acceptors (Lipinski definition) is 7. The van der Waals surface area contributed by atoms with E-state index in [9.17, 15) is 26.4 Å². The minimum absolute atomic E-state index is 0.173. The molecule has 0 aromatic heterocycles. The number of methoxy groups -OCH3 is 1. The zero-order valence-electron chi connectivity index (χ0n) is 18.3. The summed E-state index contributed by atoms with van der Waals surface area (Å²) in [7, 11) is -4.80. The highest BCUT2D eigenvalue weighted by Crippen LogP contribution is 2.35. The van der Waals surface area contributed by atoms with Crippen LogP contribution in [0.2, 0.25) is 0 Å². The van der Waals surface area contributed by atoms with Crippen molar-refractivity contribution in [1.29, 1.82) is 0 Å². The van der Waals surface area contributed by atoms with Crippen molar-refractivity contribution < 1.29 is 31.2 Å². The van der Waals surface area contributed by atoms with Gasteiger partial charge in [0.25, 0.3) is 0 Å². The Bertz CT molecular complexity index is 1260. The fourth-order valence-electron chi connectivity index (χ4n) is 3.65. The maximum absolute atomic E-state index is 12.9. The summed E-state index contributed by atoms with van der Waals surface area (Å²) in [5, 5.41) is 2.70. The molecule has 10 nitrogen and oxygen atoms in total. The van der Waals surface area contributed by atoms with E-state index in [-0.39, 0.29) is 23.4 Å². The number of sulfonamides is 2. The smallest absolute Gasteiger partial charge is 0.337 e. The second kappa shape index (κ2) is 9.49. The molecule has 2 atom stereocenters. The Morgan fingerprint density at radius 1 is 1.18 bits per heavy atom. The lowest BCUT2D eigenvalue weighted by atomic mass is 10.0. The number of rotatable bonds is 7. The van der Waals surface area contributed by atoms with Gasteiger partial charge in [-0.3, -0.25) is 9.10 Å². The van der Waals surface area contributed by atoms with Crippen molar-refractivity contribution in [3.63, 3.8) is 0 Å². The summed E-state index contributed by atoms with van der Waals surface area (Å²) in [6.45, 7) is 0. The van der Waals surface area contributed by atoms with E-state index in [4.69, 9.17) is 4.74 Å². The molecule has 0 bridgehead atoms. The Morgan fingerprint density at radius 2 is 1.85 bits per heavy atom. The van der Waals surface area contributed by atoms with Gasteiger partial charge < -0.3 is 10.1 Å². The maximum Gasteiger partial charge on any atom is 0.337 e. The molecule has 1 aliphatic rings. The lowest BCUT2D eigenvalue weighted by Crippen LogP contribution is -2.44. The topological polar surface area (TPSA) is 139 Å². The molecule has 1 heterocycles. The van der Waals surface area contributed by atoms with Crippen LogP contribution >= 0.6 is 0 Å². The number of nitrogens with zero attached hydrogens (tertiary/aromatic N) is 1. The first kappa shape index (κ1) is 24.7. The van der Waals surface area contributed by atoms with Crippen molar-refractivity contribution >= 4 is 37.6 Å². The van der Waals surface area contributed by atoms with Gasteiger partial charge in [-0.15, -0.1) is 0 Å². The molecule has 0 saturated heterocycles. The number of fused-ring (bicyclic) bond motifs is 1. The number of esters is 1. The fraction of sp³-hybridized carbons (Fsp3) is 0.333. The van der Waals surface area contributed by atoms with Gasteiger partial charge in [0.1, 0.15) is 0 Å². The first-order chi connectivity index (χ1) is 15.4. The van der Waals surface area contributed by atoms with Gasteiger partial charge in [0.05, 0.1) is 42.5 Å². The Morgan fingerprint density at radius 3 is 2.45 bits per heavy atom. The van der Waals surface area contributed by atoms with Crippen LogP contribution < -0.4 is 14.3 Å². The highest BCUT2D eigenvalue weighted by Gasteiger charge is 2.35. The molecule has 0 saturated carbocycles. The van der Waals surface area contributed by atoms with Crippen LogP contribution in [0, 0.1) is 0 Å². The molecule has 12 heteroatoms. The standard InChI is InChI=1S/C21H25N3O7S2/c1-24-19-11-15(21(26)31-2)9-10-16(19)18(13-33(24,29)30)22-20(25)12-17(23-32(3,27)28)14-7-5-4-6-8-14/h4-11,17-18,23H,12-13H2,1-3H3,(H,22,25). The summed E-state index contributed by atoms with van der Waals surface area (Å²) >= 11 is 0. The summed E-state index contributed by atoms with van der Waals surface area (Å²) in [4.78, 5) is 24.8. The van der Waals surface area contributed by atoms with E-state index in [2.05, 4.69) is 10.0 Å². The monoisotopic (exact) mass is 495 g/mol. The van der Waals surface area contributed by atoms with Crippen LogP contribution in [0.5, 0.6) is 0 Å². The lowest BCUT2D eigenvalue weighted by molar-refractivity contribution is -0.122. The zero-order chi connectivity index (χ0) is 24.4.